The van der Waals surface area contributed by atoms with Crippen LogP contribution in [0.3, 0.4) is 0 Å². The minimum absolute atomic E-state index is 0.0683. The van der Waals surface area contributed by atoms with E-state index in [1.54, 1.807) is 13.2 Å². The molecule has 10 heteroatoms. The maximum atomic E-state index is 13.0. The van der Waals surface area contributed by atoms with Gasteiger partial charge in [-0.05, 0) is 43.2 Å². The molecule has 1 amide bonds. The molecule has 0 atom stereocenters. The molecule has 4 rings (SSSR count). The average Bonchev–Trinajstić information content (AvgIpc) is 3.50. The van der Waals surface area contributed by atoms with E-state index < -0.39 is 15.9 Å². The molecule has 9 nitrogen and oxygen atoms in total. The lowest BCUT2D eigenvalue weighted by molar-refractivity contribution is 0.102. The first-order chi connectivity index (χ1) is 15.9. The van der Waals surface area contributed by atoms with Gasteiger partial charge in [-0.15, -0.1) is 0 Å². The number of carbonyl (C=O) groups excluding carboxylic acids is 1. The monoisotopic (exact) mass is 470 g/mol. The maximum absolute atomic E-state index is 13.0. The molecule has 1 aliphatic carbocycles. The van der Waals surface area contributed by atoms with Gasteiger partial charge in [0.2, 0.25) is 10.0 Å². The number of para-hydroxylation sites is 1. The predicted octanol–water partition coefficient (Wildman–Crippen LogP) is 3.57. The zero-order valence-corrected chi connectivity index (χ0v) is 19.2. The fourth-order valence-electron chi connectivity index (χ4n) is 3.93. The number of carbonyl (C=O) groups is 1. The summed E-state index contributed by atoms with van der Waals surface area (Å²) in [6.45, 7) is 0. The molecule has 3 N–H and O–H groups in total. The molecule has 1 heterocycles. The number of nitrogens with one attached hydrogen (secondary N) is 3. The van der Waals surface area contributed by atoms with Crippen LogP contribution in [0.1, 0.15) is 36.0 Å². The van der Waals surface area contributed by atoms with Crippen LogP contribution in [-0.2, 0) is 10.0 Å². The van der Waals surface area contributed by atoms with Crippen LogP contribution in [0.15, 0.2) is 53.4 Å². The third-order valence-corrected chi connectivity index (χ3v) is 7.15. The Hall–Kier alpha value is -3.37. The largest absolute Gasteiger partial charge is 0.496 e. The molecule has 0 unspecified atom stereocenters. The van der Waals surface area contributed by atoms with Crippen molar-refractivity contribution in [1.29, 1.82) is 0 Å². The highest BCUT2D eigenvalue weighted by Crippen LogP contribution is 2.30. The van der Waals surface area contributed by atoms with Gasteiger partial charge in [-0.1, -0.05) is 25.0 Å². The molecule has 1 aromatic heterocycles. The molecule has 1 fully saturated rings. The Balaban J connectivity index is 1.55. The van der Waals surface area contributed by atoms with E-state index in [0.29, 0.717) is 17.3 Å². The van der Waals surface area contributed by atoms with E-state index in [-0.39, 0.29) is 22.3 Å². The van der Waals surface area contributed by atoms with Crippen LogP contribution in [0.2, 0.25) is 0 Å². The van der Waals surface area contributed by atoms with E-state index >= 15 is 0 Å². The Morgan fingerprint density at radius 2 is 1.76 bits per heavy atom. The van der Waals surface area contributed by atoms with Crippen LogP contribution >= 0.6 is 0 Å². The number of rotatable bonds is 8. The Bertz CT molecular complexity index is 1250. The summed E-state index contributed by atoms with van der Waals surface area (Å²) >= 11 is 0. The third-order valence-electron chi connectivity index (χ3n) is 5.61. The van der Waals surface area contributed by atoms with Crippen molar-refractivity contribution in [3.8, 4) is 22.8 Å². The van der Waals surface area contributed by atoms with E-state index in [9.17, 15) is 13.2 Å². The molecule has 0 aliphatic heterocycles. The number of hydrogen-bond donors (Lipinski definition) is 3. The predicted molar refractivity (Wildman–Crippen MR) is 124 cm³/mol. The molecular formula is C23H26N4O5S. The first kappa shape index (κ1) is 22.8. The normalized spacial score (nSPS) is 14.2. The Labute approximate surface area is 192 Å². The lowest BCUT2D eigenvalue weighted by atomic mass is 10.1. The number of anilines is 1. The van der Waals surface area contributed by atoms with Crippen LogP contribution < -0.4 is 19.5 Å². The molecule has 3 aromatic rings. The van der Waals surface area contributed by atoms with Gasteiger partial charge in [-0.3, -0.25) is 9.89 Å². The fraction of sp³-hybridized carbons (Fsp3) is 0.304. The number of amides is 1. The molecule has 174 valence electrons. The summed E-state index contributed by atoms with van der Waals surface area (Å²) in [5, 5.41) is 9.71. The van der Waals surface area contributed by atoms with E-state index in [0.717, 1.165) is 31.2 Å². The first-order valence-electron chi connectivity index (χ1n) is 10.6. The van der Waals surface area contributed by atoms with Crippen molar-refractivity contribution < 1.29 is 22.7 Å². The van der Waals surface area contributed by atoms with Gasteiger partial charge in [0, 0.05) is 23.2 Å². The van der Waals surface area contributed by atoms with E-state index in [2.05, 4.69) is 20.2 Å². The quantitative estimate of drug-likeness (QED) is 0.463. The van der Waals surface area contributed by atoms with Crippen molar-refractivity contribution in [3.05, 3.63) is 54.1 Å². The standard InChI is InChI=1S/C23H26N4O5S/c1-31-19-10-6-5-9-17(19)18-14-22(26-25-18)24-23(28)15-11-12-20(32-2)21(13-15)33(29,30)27-16-7-3-4-8-16/h5-6,9-14,16,27H,3-4,7-8H2,1-2H3,(H2,24,25,26,28). The number of ether oxygens (including phenoxy) is 2. The number of aromatic amines is 1. The summed E-state index contributed by atoms with van der Waals surface area (Å²) in [6.07, 6.45) is 3.59. The Morgan fingerprint density at radius 1 is 1.03 bits per heavy atom. The topological polar surface area (TPSA) is 122 Å². The van der Waals surface area contributed by atoms with Crippen LogP contribution in [0, 0.1) is 0 Å². The third kappa shape index (κ3) is 5.01. The van der Waals surface area contributed by atoms with Crippen LogP contribution in [-0.4, -0.2) is 44.8 Å². The Kier molecular flexibility index (Phi) is 6.66. The van der Waals surface area contributed by atoms with Gasteiger partial charge in [0.1, 0.15) is 16.4 Å². The molecule has 1 saturated carbocycles. The lowest BCUT2D eigenvalue weighted by Gasteiger charge is -2.15. The molecular weight excluding hydrogens is 444 g/mol. The molecule has 33 heavy (non-hydrogen) atoms. The van der Waals surface area contributed by atoms with Crippen molar-refractivity contribution >= 4 is 21.7 Å². The number of sulfonamides is 1. The molecule has 0 radical (unpaired) electrons. The number of hydrogen-bond acceptors (Lipinski definition) is 6. The number of H-pyrrole nitrogens is 1. The Morgan fingerprint density at radius 3 is 2.48 bits per heavy atom. The van der Waals surface area contributed by atoms with E-state index in [1.165, 1.54) is 25.3 Å². The van der Waals surface area contributed by atoms with Gasteiger partial charge in [0.15, 0.2) is 5.82 Å². The zero-order chi connectivity index (χ0) is 23.4. The van der Waals surface area contributed by atoms with Crippen molar-refractivity contribution in [1.82, 2.24) is 14.9 Å². The van der Waals surface area contributed by atoms with Gasteiger partial charge in [0.05, 0.1) is 19.9 Å². The average molecular weight is 471 g/mol. The van der Waals surface area contributed by atoms with Gasteiger partial charge >= 0.3 is 0 Å². The highest BCUT2D eigenvalue weighted by atomic mass is 32.2. The summed E-state index contributed by atoms with van der Waals surface area (Å²) in [4.78, 5) is 12.8. The minimum atomic E-state index is -3.85. The minimum Gasteiger partial charge on any atom is -0.496 e. The van der Waals surface area contributed by atoms with E-state index in [1.807, 2.05) is 24.3 Å². The molecule has 0 spiro atoms. The summed E-state index contributed by atoms with van der Waals surface area (Å²) in [7, 11) is -0.872. The highest BCUT2D eigenvalue weighted by molar-refractivity contribution is 7.89. The molecule has 1 aliphatic rings. The number of methoxy groups -OCH3 is 2. The van der Waals surface area contributed by atoms with E-state index in [4.69, 9.17) is 9.47 Å². The fourth-order valence-corrected chi connectivity index (χ4v) is 5.43. The first-order valence-corrected chi connectivity index (χ1v) is 12.1. The second kappa shape index (κ2) is 9.63. The van der Waals surface area contributed by atoms with Crippen molar-refractivity contribution in [2.75, 3.05) is 19.5 Å². The molecule has 2 aromatic carbocycles. The number of benzene rings is 2. The van der Waals surface area contributed by atoms with Crippen molar-refractivity contribution in [2.45, 2.75) is 36.6 Å². The molecule has 0 saturated heterocycles. The van der Waals surface area contributed by atoms with Gasteiger partial charge in [0.25, 0.3) is 5.91 Å². The summed E-state index contributed by atoms with van der Waals surface area (Å²) in [6, 6.07) is 13.3. The second-order valence-electron chi connectivity index (χ2n) is 7.79. The summed E-state index contributed by atoms with van der Waals surface area (Å²) in [5.74, 6) is 0.646. The zero-order valence-electron chi connectivity index (χ0n) is 18.4. The summed E-state index contributed by atoms with van der Waals surface area (Å²) < 4.78 is 39.3. The smallest absolute Gasteiger partial charge is 0.256 e. The van der Waals surface area contributed by atoms with Crippen molar-refractivity contribution in [2.24, 2.45) is 0 Å². The van der Waals surface area contributed by atoms with Crippen LogP contribution in [0.25, 0.3) is 11.3 Å². The SMILES string of the molecule is COc1ccccc1-c1cc(NC(=O)c2ccc(OC)c(S(=O)(=O)NC3CCCC3)c2)n[nH]1. The number of nitrogens with zero attached hydrogens (tertiary/aromatic N) is 1. The number of aromatic nitrogens is 2. The molecule has 0 bridgehead atoms. The summed E-state index contributed by atoms with van der Waals surface area (Å²) in [5.41, 5.74) is 1.63. The highest BCUT2D eigenvalue weighted by Gasteiger charge is 2.26. The van der Waals surface area contributed by atoms with Crippen LogP contribution in [0.4, 0.5) is 5.82 Å². The van der Waals surface area contributed by atoms with Crippen molar-refractivity contribution in [3.63, 3.8) is 0 Å². The van der Waals surface area contributed by atoms with Gasteiger partial charge in [-0.25, -0.2) is 13.1 Å². The van der Waals surface area contributed by atoms with Gasteiger partial charge in [-0.2, -0.15) is 5.10 Å². The van der Waals surface area contributed by atoms with Gasteiger partial charge < -0.3 is 14.8 Å². The second-order valence-corrected chi connectivity index (χ2v) is 9.47. The lowest BCUT2D eigenvalue weighted by Crippen LogP contribution is -2.33. The van der Waals surface area contributed by atoms with Crippen LogP contribution in [0.5, 0.6) is 11.5 Å². The maximum Gasteiger partial charge on any atom is 0.256 e.